The summed E-state index contributed by atoms with van der Waals surface area (Å²) in [5.74, 6) is 0. The predicted octanol–water partition coefficient (Wildman–Crippen LogP) is 5.20. The van der Waals surface area contributed by atoms with E-state index in [0.717, 1.165) is 18.5 Å². The Morgan fingerprint density at radius 1 is 0.645 bits per heavy atom. The minimum atomic E-state index is 0.891. The van der Waals surface area contributed by atoms with Gasteiger partial charge in [-0.3, -0.25) is 9.98 Å². The molecule has 0 N–H and O–H groups in total. The lowest BCUT2D eigenvalue weighted by Gasteiger charge is -2.12. The van der Waals surface area contributed by atoms with Crippen LogP contribution in [0.5, 0.6) is 0 Å². The molecule has 148 valence electrons. The van der Waals surface area contributed by atoms with Gasteiger partial charge in [-0.2, -0.15) is 0 Å². The topological polar surface area (TPSA) is 25.2 Å². The highest BCUT2D eigenvalue weighted by Gasteiger charge is 2.08. The lowest BCUT2D eigenvalue weighted by Crippen LogP contribution is -2.03. The Hall–Kier alpha value is -3.72. The second-order valence-corrected chi connectivity index (χ2v) is 7.97. The Balaban J connectivity index is 1.54. The molecule has 1 aliphatic rings. The Labute approximate surface area is 184 Å². The van der Waals surface area contributed by atoms with Crippen molar-refractivity contribution in [1.29, 1.82) is 0 Å². The van der Waals surface area contributed by atoms with Crippen molar-refractivity contribution in [3.63, 3.8) is 0 Å². The molecule has 31 heavy (non-hydrogen) atoms. The molecule has 0 amide bonds. The van der Waals surface area contributed by atoms with Crippen molar-refractivity contribution >= 4 is 25.1 Å². The maximum Gasteiger partial charge on any atom is 0.139 e. The van der Waals surface area contributed by atoms with Crippen LogP contribution in [-0.4, -0.2) is 25.6 Å². The van der Waals surface area contributed by atoms with Gasteiger partial charge in [0.25, 0.3) is 0 Å². The Morgan fingerprint density at radius 2 is 1.26 bits per heavy atom. The first-order valence-electron chi connectivity index (χ1n) is 10.7. The molecule has 0 atom stereocenters. The smallest absolute Gasteiger partial charge is 0.139 e. The average molecular weight is 398 g/mol. The quantitative estimate of drug-likeness (QED) is 0.434. The van der Waals surface area contributed by atoms with Gasteiger partial charge in [0.05, 0.1) is 0 Å². The number of rotatable bonds is 4. The molecule has 1 aromatic heterocycles. The van der Waals surface area contributed by atoms with Crippen molar-refractivity contribution in [1.82, 2.24) is 4.98 Å². The van der Waals surface area contributed by atoms with Crippen molar-refractivity contribution in [3.8, 4) is 33.4 Å². The SMILES string of the molecule is Bc1cc(-c2cccc(C3=CCCN=C3)c2)cc(-c2cccc(-c3cccnc3)c2)c1. The first kappa shape index (κ1) is 19.3. The van der Waals surface area contributed by atoms with Crippen LogP contribution in [0, 0.1) is 0 Å². The maximum atomic E-state index is 4.44. The maximum absolute atomic E-state index is 4.44. The van der Waals surface area contributed by atoms with E-state index in [1.54, 1.807) is 0 Å². The third-order valence-corrected chi connectivity index (χ3v) is 5.65. The number of aliphatic imine (C=N–C) groups is 1. The molecule has 3 heteroatoms. The molecule has 2 heterocycles. The highest BCUT2D eigenvalue weighted by molar-refractivity contribution is 6.33. The monoisotopic (exact) mass is 398 g/mol. The van der Waals surface area contributed by atoms with E-state index in [2.05, 4.69) is 96.7 Å². The minimum absolute atomic E-state index is 0.891. The van der Waals surface area contributed by atoms with E-state index in [9.17, 15) is 0 Å². The van der Waals surface area contributed by atoms with Gasteiger partial charge in [-0.15, -0.1) is 0 Å². The van der Waals surface area contributed by atoms with Crippen LogP contribution < -0.4 is 5.46 Å². The highest BCUT2D eigenvalue weighted by Crippen LogP contribution is 2.30. The van der Waals surface area contributed by atoms with Gasteiger partial charge in [0.15, 0.2) is 0 Å². The summed E-state index contributed by atoms with van der Waals surface area (Å²) >= 11 is 0. The van der Waals surface area contributed by atoms with Gasteiger partial charge >= 0.3 is 0 Å². The number of dihydropyridines is 1. The van der Waals surface area contributed by atoms with Gasteiger partial charge in [-0.05, 0) is 69.6 Å². The summed E-state index contributed by atoms with van der Waals surface area (Å²) in [5, 5.41) is 0. The first-order valence-corrected chi connectivity index (χ1v) is 10.7. The second-order valence-electron chi connectivity index (χ2n) is 7.97. The molecule has 3 aromatic carbocycles. The van der Waals surface area contributed by atoms with Crippen LogP contribution in [0.4, 0.5) is 0 Å². The van der Waals surface area contributed by atoms with E-state index in [-0.39, 0.29) is 0 Å². The Bertz CT molecular complexity index is 1290. The van der Waals surface area contributed by atoms with Gasteiger partial charge in [0, 0.05) is 30.7 Å². The third kappa shape index (κ3) is 4.27. The summed E-state index contributed by atoms with van der Waals surface area (Å²) < 4.78 is 0. The predicted molar refractivity (Wildman–Crippen MR) is 135 cm³/mol. The molecule has 0 spiro atoms. The van der Waals surface area contributed by atoms with E-state index in [4.69, 9.17) is 0 Å². The van der Waals surface area contributed by atoms with Gasteiger partial charge in [-0.25, -0.2) is 0 Å². The van der Waals surface area contributed by atoms with E-state index >= 15 is 0 Å². The van der Waals surface area contributed by atoms with Crippen molar-refractivity contribution in [2.24, 2.45) is 4.99 Å². The molecule has 4 aromatic rings. The molecule has 0 saturated carbocycles. The Kier molecular flexibility index (Phi) is 5.32. The highest BCUT2D eigenvalue weighted by atomic mass is 14.7. The van der Waals surface area contributed by atoms with Crippen LogP contribution in [0.1, 0.15) is 12.0 Å². The molecule has 0 fully saturated rings. The van der Waals surface area contributed by atoms with Crippen LogP contribution in [-0.2, 0) is 0 Å². The van der Waals surface area contributed by atoms with Gasteiger partial charge in [0.2, 0.25) is 0 Å². The number of hydrogen-bond donors (Lipinski definition) is 0. The zero-order valence-corrected chi connectivity index (χ0v) is 17.6. The van der Waals surface area contributed by atoms with Crippen LogP contribution in [0.3, 0.4) is 0 Å². The lowest BCUT2D eigenvalue weighted by molar-refractivity contribution is 1.01. The molecular weight excluding hydrogens is 375 g/mol. The Morgan fingerprint density at radius 3 is 1.90 bits per heavy atom. The summed E-state index contributed by atoms with van der Waals surface area (Å²) in [6, 6.07) is 28.3. The van der Waals surface area contributed by atoms with Gasteiger partial charge < -0.3 is 0 Å². The number of pyridine rings is 1. The summed E-state index contributed by atoms with van der Waals surface area (Å²) in [7, 11) is 2.16. The molecule has 0 bridgehead atoms. The van der Waals surface area contributed by atoms with Crippen LogP contribution in [0.25, 0.3) is 39.0 Å². The molecule has 0 unspecified atom stereocenters. The largest absolute Gasteiger partial charge is 0.292 e. The zero-order valence-electron chi connectivity index (χ0n) is 17.6. The molecule has 0 saturated heterocycles. The van der Waals surface area contributed by atoms with Crippen molar-refractivity contribution in [3.05, 3.63) is 103 Å². The van der Waals surface area contributed by atoms with Crippen LogP contribution in [0.15, 0.2) is 102 Å². The van der Waals surface area contributed by atoms with Gasteiger partial charge in [-0.1, -0.05) is 66.1 Å². The fourth-order valence-electron chi connectivity index (χ4n) is 4.11. The fraction of sp³-hybridized carbons (Fsp3) is 0.0714. The van der Waals surface area contributed by atoms with E-state index in [1.165, 1.54) is 44.4 Å². The number of benzene rings is 3. The normalized spacial score (nSPS) is 13.1. The first-order chi connectivity index (χ1) is 15.3. The van der Waals surface area contributed by atoms with Crippen molar-refractivity contribution in [2.45, 2.75) is 6.42 Å². The molecule has 0 radical (unpaired) electrons. The summed E-state index contributed by atoms with van der Waals surface area (Å²) in [6.45, 7) is 0.891. The summed E-state index contributed by atoms with van der Waals surface area (Å²) in [6.07, 6.45) is 9.00. The standard InChI is InChI=1S/C28H23BN2/c29-28-16-26(22-7-1-5-20(13-22)24-9-3-11-30-18-24)15-27(17-28)23-8-2-6-21(14-23)25-10-4-12-31-19-25/h1-3,5-11,13-19H,4,12,29H2. The third-order valence-electron chi connectivity index (χ3n) is 5.65. The van der Waals surface area contributed by atoms with Crippen molar-refractivity contribution < 1.29 is 0 Å². The molecule has 1 aliphatic heterocycles. The average Bonchev–Trinajstić information content (AvgIpc) is 2.85. The number of hydrogen-bond acceptors (Lipinski definition) is 2. The zero-order chi connectivity index (χ0) is 21.0. The fourth-order valence-corrected chi connectivity index (χ4v) is 4.11. The lowest BCUT2D eigenvalue weighted by atomic mass is 9.87. The van der Waals surface area contributed by atoms with Gasteiger partial charge in [0.1, 0.15) is 7.85 Å². The van der Waals surface area contributed by atoms with E-state index < -0.39 is 0 Å². The number of allylic oxidation sites excluding steroid dienone is 1. The van der Waals surface area contributed by atoms with E-state index in [1.807, 2.05) is 24.7 Å². The van der Waals surface area contributed by atoms with Crippen LogP contribution >= 0.6 is 0 Å². The van der Waals surface area contributed by atoms with Crippen molar-refractivity contribution in [2.75, 3.05) is 6.54 Å². The minimum Gasteiger partial charge on any atom is -0.292 e. The summed E-state index contributed by atoms with van der Waals surface area (Å²) in [5.41, 5.74) is 10.9. The molecule has 0 aliphatic carbocycles. The summed E-state index contributed by atoms with van der Waals surface area (Å²) in [4.78, 5) is 8.70. The van der Waals surface area contributed by atoms with Crippen LogP contribution in [0.2, 0.25) is 0 Å². The molecule has 2 nitrogen and oxygen atoms in total. The van der Waals surface area contributed by atoms with E-state index in [0.29, 0.717) is 0 Å². The number of nitrogens with zero attached hydrogens (tertiary/aromatic N) is 2. The molecule has 5 rings (SSSR count). The number of aromatic nitrogens is 1. The second kappa shape index (κ2) is 8.57. The molecular formula is C28H23BN2.